The number of amides is 1. The molecule has 2 N–H and O–H groups in total. The van der Waals surface area contributed by atoms with Gasteiger partial charge in [0.05, 0.1) is 6.54 Å². The number of hydrogen-bond acceptors (Lipinski definition) is 2. The van der Waals surface area contributed by atoms with Crippen molar-refractivity contribution < 1.29 is 4.79 Å². The summed E-state index contributed by atoms with van der Waals surface area (Å²) in [6.45, 7) is 6.90. The Bertz CT molecular complexity index is 220. The molecule has 1 aliphatic rings. The molecule has 0 aliphatic heterocycles. The molecule has 3 nitrogen and oxygen atoms in total. The van der Waals surface area contributed by atoms with Gasteiger partial charge >= 0.3 is 0 Å². The molecule has 1 aliphatic carbocycles. The predicted molar refractivity (Wildman–Crippen MR) is 71.9 cm³/mol. The van der Waals surface area contributed by atoms with E-state index in [2.05, 4.69) is 31.4 Å². The minimum atomic E-state index is 0.142. The van der Waals surface area contributed by atoms with Crippen molar-refractivity contribution in [3.63, 3.8) is 0 Å². The summed E-state index contributed by atoms with van der Waals surface area (Å²) in [7, 11) is 0. The lowest BCUT2D eigenvalue weighted by Gasteiger charge is -2.21. The van der Waals surface area contributed by atoms with Crippen LogP contribution in [0.3, 0.4) is 0 Å². The highest BCUT2D eigenvalue weighted by atomic mass is 16.1. The van der Waals surface area contributed by atoms with Crippen molar-refractivity contribution in [1.29, 1.82) is 0 Å². The van der Waals surface area contributed by atoms with Gasteiger partial charge in [-0.25, -0.2) is 0 Å². The molecule has 0 radical (unpaired) electrons. The SMILES string of the molecule is CCC(CC)NC(=O)CN[C@H](C)C1CCCC1. The van der Waals surface area contributed by atoms with Gasteiger partial charge in [0.1, 0.15) is 0 Å². The molecule has 0 aromatic carbocycles. The molecule has 17 heavy (non-hydrogen) atoms. The average Bonchev–Trinajstić information content (AvgIpc) is 2.86. The first-order valence-corrected chi connectivity index (χ1v) is 7.20. The molecule has 0 saturated heterocycles. The summed E-state index contributed by atoms with van der Waals surface area (Å²) >= 11 is 0. The Kier molecular flexibility index (Phi) is 6.56. The number of rotatable bonds is 7. The summed E-state index contributed by atoms with van der Waals surface area (Å²) in [4.78, 5) is 11.7. The molecule has 0 aromatic heterocycles. The zero-order valence-electron chi connectivity index (χ0n) is 11.6. The minimum absolute atomic E-state index is 0.142. The van der Waals surface area contributed by atoms with Crippen LogP contribution >= 0.6 is 0 Å². The zero-order valence-corrected chi connectivity index (χ0v) is 11.6. The van der Waals surface area contributed by atoms with Crippen LogP contribution in [0.4, 0.5) is 0 Å². The molecule has 0 bridgehead atoms. The molecule has 1 saturated carbocycles. The summed E-state index contributed by atoms with van der Waals surface area (Å²) in [5, 5.41) is 6.43. The monoisotopic (exact) mass is 240 g/mol. The lowest BCUT2D eigenvalue weighted by molar-refractivity contribution is -0.121. The van der Waals surface area contributed by atoms with Gasteiger partial charge in [0.2, 0.25) is 5.91 Å². The fraction of sp³-hybridized carbons (Fsp3) is 0.929. The van der Waals surface area contributed by atoms with Gasteiger partial charge in [0, 0.05) is 12.1 Å². The van der Waals surface area contributed by atoms with E-state index in [4.69, 9.17) is 0 Å². The minimum Gasteiger partial charge on any atom is -0.352 e. The largest absolute Gasteiger partial charge is 0.352 e. The van der Waals surface area contributed by atoms with Crippen LogP contribution in [-0.2, 0) is 4.79 Å². The predicted octanol–water partition coefficient (Wildman–Crippen LogP) is 2.46. The number of carbonyl (C=O) groups excluding carboxylic acids is 1. The summed E-state index contributed by atoms with van der Waals surface area (Å²) in [6.07, 6.45) is 7.39. The summed E-state index contributed by atoms with van der Waals surface area (Å²) in [6, 6.07) is 0.816. The first-order chi connectivity index (χ1) is 8.17. The van der Waals surface area contributed by atoms with Crippen LogP contribution in [0, 0.1) is 5.92 Å². The fourth-order valence-electron chi connectivity index (χ4n) is 2.65. The molecule has 100 valence electrons. The highest BCUT2D eigenvalue weighted by molar-refractivity contribution is 5.78. The maximum Gasteiger partial charge on any atom is 0.234 e. The Morgan fingerprint density at radius 1 is 1.24 bits per heavy atom. The molecule has 1 fully saturated rings. The standard InChI is InChI=1S/C14H28N2O/c1-4-13(5-2)16-14(17)10-15-11(3)12-8-6-7-9-12/h11-13,15H,4-10H2,1-3H3,(H,16,17)/t11-/m1/s1. The lowest BCUT2D eigenvalue weighted by Crippen LogP contribution is -2.43. The Balaban J connectivity index is 2.18. The Morgan fingerprint density at radius 2 is 1.82 bits per heavy atom. The second-order valence-corrected chi connectivity index (χ2v) is 5.30. The van der Waals surface area contributed by atoms with Gasteiger partial charge in [-0.15, -0.1) is 0 Å². The molecule has 0 aromatic rings. The van der Waals surface area contributed by atoms with Crippen LogP contribution in [0.15, 0.2) is 0 Å². The molecule has 1 rings (SSSR count). The Hall–Kier alpha value is -0.570. The van der Waals surface area contributed by atoms with Crippen LogP contribution in [0.1, 0.15) is 59.3 Å². The molecule has 3 heteroatoms. The maximum absolute atomic E-state index is 11.7. The third kappa shape index (κ3) is 5.07. The van der Waals surface area contributed by atoms with Gasteiger partial charge in [-0.2, -0.15) is 0 Å². The smallest absolute Gasteiger partial charge is 0.234 e. The number of carbonyl (C=O) groups is 1. The van der Waals surface area contributed by atoms with Crippen LogP contribution < -0.4 is 10.6 Å². The summed E-state index contributed by atoms with van der Waals surface area (Å²) in [5.74, 6) is 0.916. The fourth-order valence-corrected chi connectivity index (χ4v) is 2.65. The molecular formula is C14H28N2O. The first kappa shape index (κ1) is 14.5. The average molecular weight is 240 g/mol. The van der Waals surface area contributed by atoms with E-state index in [0.29, 0.717) is 18.6 Å². The van der Waals surface area contributed by atoms with E-state index >= 15 is 0 Å². The van der Waals surface area contributed by atoms with E-state index in [1.807, 2.05) is 0 Å². The molecule has 0 heterocycles. The Morgan fingerprint density at radius 3 is 2.35 bits per heavy atom. The van der Waals surface area contributed by atoms with E-state index in [9.17, 15) is 4.79 Å². The van der Waals surface area contributed by atoms with Gasteiger partial charge in [0.15, 0.2) is 0 Å². The Labute approximate surface area is 106 Å². The van der Waals surface area contributed by atoms with Crippen LogP contribution in [0.5, 0.6) is 0 Å². The third-order valence-corrected chi connectivity index (χ3v) is 4.04. The molecule has 0 spiro atoms. The molecule has 1 amide bonds. The van der Waals surface area contributed by atoms with Crippen molar-refractivity contribution >= 4 is 5.91 Å². The van der Waals surface area contributed by atoms with Crippen molar-refractivity contribution in [1.82, 2.24) is 10.6 Å². The highest BCUT2D eigenvalue weighted by Gasteiger charge is 2.21. The van der Waals surface area contributed by atoms with E-state index in [1.165, 1.54) is 25.7 Å². The van der Waals surface area contributed by atoms with Crippen LogP contribution in [-0.4, -0.2) is 24.5 Å². The van der Waals surface area contributed by atoms with Gasteiger partial charge in [-0.1, -0.05) is 26.7 Å². The topological polar surface area (TPSA) is 41.1 Å². The summed E-state index contributed by atoms with van der Waals surface area (Å²) in [5.41, 5.74) is 0. The van der Waals surface area contributed by atoms with Gasteiger partial charge in [-0.3, -0.25) is 4.79 Å². The number of nitrogens with one attached hydrogen (secondary N) is 2. The van der Waals surface area contributed by atoms with Crippen LogP contribution in [0.25, 0.3) is 0 Å². The zero-order chi connectivity index (χ0) is 12.7. The third-order valence-electron chi connectivity index (χ3n) is 4.04. The second kappa shape index (κ2) is 7.70. The number of hydrogen-bond donors (Lipinski definition) is 2. The van der Waals surface area contributed by atoms with Crippen molar-refractivity contribution in [2.75, 3.05) is 6.54 Å². The van der Waals surface area contributed by atoms with Gasteiger partial charge in [-0.05, 0) is 38.5 Å². The first-order valence-electron chi connectivity index (χ1n) is 7.20. The lowest BCUT2D eigenvalue weighted by atomic mass is 10.00. The van der Waals surface area contributed by atoms with Crippen molar-refractivity contribution in [3.05, 3.63) is 0 Å². The molecule has 1 atom stereocenters. The highest BCUT2D eigenvalue weighted by Crippen LogP contribution is 2.27. The molecule has 0 unspecified atom stereocenters. The van der Waals surface area contributed by atoms with Gasteiger partial charge < -0.3 is 10.6 Å². The van der Waals surface area contributed by atoms with Crippen molar-refractivity contribution in [3.8, 4) is 0 Å². The quantitative estimate of drug-likeness (QED) is 0.717. The van der Waals surface area contributed by atoms with E-state index in [-0.39, 0.29) is 5.91 Å². The van der Waals surface area contributed by atoms with E-state index in [1.54, 1.807) is 0 Å². The van der Waals surface area contributed by atoms with E-state index in [0.717, 1.165) is 18.8 Å². The normalized spacial score (nSPS) is 18.6. The second-order valence-electron chi connectivity index (χ2n) is 5.30. The van der Waals surface area contributed by atoms with Gasteiger partial charge in [0.25, 0.3) is 0 Å². The van der Waals surface area contributed by atoms with E-state index < -0.39 is 0 Å². The van der Waals surface area contributed by atoms with Crippen LogP contribution in [0.2, 0.25) is 0 Å². The summed E-state index contributed by atoms with van der Waals surface area (Å²) < 4.78 is 0. The maximum atomic E-state index is 11.7. The molecular weight excluding hydrogens is 212 g/mol. The van der Waals surface area contributed by atoms with Crippen molar-refractivity contribution in [2.24, 2.45) is 5.92 Å². The van der Waals surface area contributed by atoms with Crippen molar-refractivity contribution in [2.45, 2.75) is 71.4 Å².